The Balaban J connectivity index is 1.90. The lowest BCUT2D eigenvalue weighted by Gasteiger charge is -2.13. The predicted molar refractivity (Wildman–Crippen MR) is 81.5 cm³/mol. The molecule has 3 aromatic rings. The number of nitrogens with one attached hydrogen (secondary N) is 1. The van der Waals surface area contributed by atoms with E-state index in [2.05, 4.69) is 10.3 Å². The molecule has 0 radical (unpaired) electrons. The quantitative estimate of drug-likeness (QED) is 0.785. The molecule has 1 aromatic heterocycles. The molecule has 1 atom stereocenters. The largest absolute Gasteiger partial charge is 0.311 e. The Morgan fingerprint density at radius 3 is 2.71 bits per heavy atom. The molecule has 108 valence electrons. The van der Waals surface area contributed by atoms with Crippen molar-refractivity contribution >= 4 is 21.6 Å². The van der Waals surface area contributed by atoms with Crippen molar-refractivity contribution in [1.82, 2.24) is 10.3 Å². The first-order valence-corrected chi connectivity index (χ1v) is 7.45. The fourth-order valence-electron chi connectivity index (χ4n) is 2.26. The van der Waals surface area contributed by atoms with Gasteiger partial charge >= 0.3 is 0 Å². The van der Waals surface area contributed by atoms with Gasteiger partial charge in [0.1, 0.15) is 16.6 Å². The SMILES string of the molecule is CNC(Cc1ccc(F)cc1F)c1nc2ccccc2s1. The van der Waals surface area contributed by atoms with Crippen LogP contribution in [0.2, 0.25) is 0 Å². The van der Waals surface area contributed by atoms with E-state index < -0.39 is 11.6 Å². The van der Waals surface area contributed by atoms with Gasteiger partial charge in [0, 0.05) is 6.07 Å². The molecule has 0 saturated heterocycles. The number of rotatable bonds is 4. The highest BCUT2D eigenvalue weighted by atomic mass is 32.1. The smallest absolute Gasteiger partial charge is 0.129 e. The molecule has 0 aliphatic carbocycles. The van der Waals surface area contributed by atoms with Gasteiger partial charge in [0.15, 0.2) is 0 Å². The lowest BCUT2D eigenvalue weighted by atomic mass is 10.1. The van der Waals surface area contributed by atoms with Crippen LogP contribution < -0.4 is 5.32 Å². The highest BCUT2D eigenvalue weighted by molar-refractivity contribution is 7.18. The van der Waals surface area contributed by atoms with Crippen LogP contribution in [0.3, 0.4) is 0 Å². The number of thiazole rings is 1. The van der Waals surface area contributed by atoms with Gasteiger partial charge in [-0.05, 0) is 37.2 Å². The first-order valence-electron chi connectivity index (χ1n) is 6.64. The zero-order valence-electron chi connectivity index (χ0n) is 11.4. The number of aromatic nitrogens is 1. The average Bonchev–Trinajstić information content (AvgIpc) is 2.90. The summed E-state index contributed by atoms with van der Waals surface area (Å²) in [5.41, 5.74) is 1.42. The third-order valence-corrected chi connectivity index (χ3v) is 4.55. The lowest BCUT2D eigenvalue weighted by molar-refractivity contribution is 0.540. The normalized spacial score (nSPS) is 12.7. The van der Waals surface area contributed by atoms with Crippen molar-refractivity contribution in [2.24, 2.45) is 0 Å². The summed E-state index contributed by atoms with van der Waals surface area (Å²) >= 11 is 1.59. The fraction of sp³-hybridized carbons (Fsp3) is 0.188. The molecule has 2 aromatic carbocycles. The second-order valence-corrected chi connectivity index (χ2v) is 5.86. The summed E-state index contributed by atoms with van der Waals surface area (Å²) in [6.07, 6.45) is 0.433. The summed E-state index contributed by atoms with van der Waals surface area (Å²) in [6.45, 7) is 0. The van der Waals surface area contributed by atoms with E-state index in [4.69, 9.17) is 0 Å². The lowest BCUT2D eigenvalue weighted by Crippen LogP contribution is -2.19. The van der Waals surface area contributed by atoms with E-state index in [0.29, 0.717) is 12.0 Å². The minimum absolute atomic E-state index is 0.0950. The topological polar surface area (TPSA) is 24.9 Å². The Morgan fingerprint density at radius 1 is 1.19 bits per heavy atom. The molecule has 1 heterocycles. The second-order valence-electron chi connectivity index (χ2n) is 4.80. The Hall–Kier alpha value is -1.85. The number of hydrogen-bond donors (Lipinski definition) is 1. The standard InChI is InChI=1S/C16H14F2N2S/c1-19-14(8-10-6-7-11(17)9-12(10)18)16-20-13-4-2-3-5-15(13)21-16/h2-7,9,14,19H,8H2,1H3. The zero-order chi connectivity index (χ0) is 14.8. The van der Waals surface area contributed by atoms with Gasteiger partial charge in [-0.2, -0.15) is 0 Å². The van der Waals surface area contributed by atoms with E-state index in [9.17, 15) is 8.78 Å². The van der Waals surface area contributed by atoms with Gasteiger partial charge in [0.05, 0.1) is 16.3 Å². The average molecular weight is 304 g/mol. The minimum atomic E-state index is -0.558. The van der Waals surface area contributed by atoms with Gasteiger partial charge in [-0.25, -0.2) is 13.8 Å². The van der Waals surface area contributed by atoms with Crippen molar-refractivity contribution in [2.45, 2.75) is 12.5 Å². The third-order valence-electron chi connectivity index (χ3n) is 3.40. The Labute approximate surface area is 125 Å². The van der Waals surface area contributed by atoms with E-state index in [1.165, 1.54) is 12.1 Å². The summed E-state index contributed by atoms with van der Waals surface area (Å²) in [7, 11) is 1.82. The summed E-state index contributed by atoms with van der Waals surface area (Å²) < 4.78 is 27.9. The van der Waals surface area contributed by atoms with E-state index in [1.807, 2.05) is 31.3 Å². The molecule has 5 heteroatoms. The second kappa shape index (κ2) is 5.87. The summed E-state index contributed by atoms with van der Waals surface area (Å²) in [4.78, 5) is 4.59. The van der Waals surface area contributed by atoms with Crippen LogP contribution in [0, 0.1) is 11.6 Å². The minimum Gasteiger partial charge on any atom is -0.311 e. The Bertz CT molecular complexity index is 737. The Kier molecular flexibility index (Phi) is 3.94. The zero-order valence-corrected chi connectivity index (χ0v) is 12.3. The van der Waals surface area contributed by atoms with Crippen molar-refractivity contribution < 1.29 is 8.78 Å². The summed E-state index contributed by atoms with van der Waals surface area (Å²) in [5.74, 6) is -1.08. The molecule has 3 rings (SSSR count). The van der Waals surface area contributed by atoms with E-state index in [-0.39, 0.29) is 6.04 Å². The molecule has 1 N–H and O–H groups in total. The Morgan fingerprint density at radius 2 is 2.00 bits per heavy atom. The molecule has 0 bridgehead atoms. The number of nitrogens with zero attached hydrogens (tertiary/aromatic N) is 1. The number of fused-ring (bicyclic) bond motifs is 1. The van der Waals surface area contributed by atoms with Crippen LogP contribution in [-0.2, 0) is 6.42 Å². The van der Waals surface area contributed by atoms with Crippen LogP contribution in [0.5, 0.6) is 0 Å². The van der Waals surface area contributed by atoms with Crippen molar-refractivity contribution in [3.05, 3.63) is 64.7 Å². The fourth-order valence-corrected chi connectivity index (χ4v) is 3.34. The van der Waals surface area contributed by atoms with Gasteiger partial charge in [-0.1, -0.05) is 18.2 Å². The molecule has 0 fully saturated rings. The van der Waals surface area contributed by atoms with Crippen molar-refractivity contribution in [3.8, 4) is 0 Å². The van der Waals surface area contributed by atoms with Gasteiger partial charge < -0.3 is 5.32 Å². The van der Waals surface area contributed by atoms with Gasteiger partial charge in [0.2, 0.25) is 0 Å². The molecule has 1 unspecified atom stereocenters. The van der Waals surface area contributed by atoms with Crippen LogP contribution in [0.1, 0.15) is 16.6 Å². The maximum absolute atomic E-state index is 13.8. The third kappa shape index (κ3) is 2.94. The summed E-state index contributed by atoms with van der Waals surface area (Å²) in [5, 5.41) is 4.06. The van der Waals surface area contributed by atoms with Crippen LogP contribution in [-0.4, -0.2) is 12.0 Å². The molecule has 0 saturated carbocycles. The van der Waals surface area contributed by atoms with E-state index in [1.54, 1.807) is 11.3 Å². The van der Waals surface area contributed by atoms with Crippen molar-refractivity contribution in [3.63, 3.8) is 0 Å². The number of likely N-dealkylation sites (N-methyl/N-ethyl adjacent to an activating group) is 1. The van der Waals surface area contributed by atoms with Gasteiger partial charge in [-0.3, -0.25) is 0 Å². The molecular weight excluding hydrogens is 290 g/mol. The highest BCUT2D eigenvalue weighted by Crippen LogP contribution is 2.28. The van der Waals surface area contributed by atoms with Crippen molar-refractivity contribution in [2.75, 3.05) is 7.05 Å². The number of benzene rings is 2. The number of para-hydroxylation sites is 1. The molecule has 0 aliphatic heterocycles. The van der Waals surface area contributed by atoms with Crippen LogP contribution in [0.15, 0.2) is 42.5 Å². The molecule has 2 nitrogen and oxygen atoms in total. The number of hydrogen-bond acceptors (Lipinski definition) is 3. The van der Waals surface area contributed by atoms with Crippen molar-refractivity contribution in [1.29, 1.82) is 0 Å². The van der Waals surface area contributed by atoms with Gasteiger partial charge in [0.25, 0.3) is 0 Å². The first kappa shape index (κ1) is 14.1. The molecule has 0 spiro atoms. The first-order chi connectivity index (χ1) is 10.2. The van der Waals surface area contributed by atoms with Crippen LogP contribution in [0.4, 0.5) is 8.78 Å². The molecule has 21 heavy (non-hydrogen) atoms. The molecule has 0 amide bonds. The van der Waals surface area contributed by atoms with Crippen LogP contribution >= 0.6 is 11.3 Å². The van der Waals surface area contributed by atoms with E-state index in [0.717, 1.165) is 21.3 Å². The maximum atomic E-state index is 13.8. The number of halogens is 2. The predicted octanol–water partition coefficient (Wildman–Crippen LogP) is 4.08. The van der Waals surface area contributed by atoms with Gasteiger partial charge in [-0.15, -0.1) is 11.3 Å². The maximum Gasteiger partial charge on any atom is 0.129 e. The molecule has 0 aliphatic rings. The van der Waals surface area contributed by atoms with Crippen LogP contribution in [0.25, 0.3) is 10.2 Å². The summed E-state index contributed by atoms with van der Waals surface area (Å²) in [6, 6.07) is 11.5. The van der Waals surface area contributed by atoms with E-state index >= 15 is 0 Å². The monoisotopic (exact) mass is 304 g/mol. The highest BCUT2D eigenvalue weighted by Gasteiger charge is 2.17. The molecular formula is C16H14F2N2S.